The number of sulfonamides is 1. The molecule has 0 saturated carbocycles. The minimum Gasteiger partial charge on any atom is -0.379 e. The summed E-state index contributed by atoms with van der Waals surface area (Å²) in [5.41, 5.74) is 1.89. The van der Waals surface area contributed by atoms with Crippen molar-refractivity contribution in [3.8, 4) is 0 Å². The number of rotatable bonds is 5. The Morgan fingerprint density at radius 3 is 2.59 bits per heavy atom. The Bertz CT molecular complexity index is 950. The van der Waals surface area contributed by atoms with Crippen LogP contribution in [0.3, 0.4) is 0 Å². The molecule has 1 amide bonds. The summed E-state index contributed by atoms with van der Waals surface area (Å²) >= 11 is 6.11. The number of H-pyrrole nitrogens is 1. The van der Waals surface area contributed by atoms with Crippen LogP contribution in [0.1, 0.15) is 27.3 Å². The Labute approximate surface area is 163 Å². The van der Waals surface area contributed by atoms with Crippen molar-refractivity contribution in [1.82, 2.24) is 14.6 Å². The number of hydrogen-bond acceptors (Lipinski definition) is 4. The first-order valence-electron chi connectivity index (χ1n) is 8.61. The predicted octanol–water partition coefficient (Wildman–Crippen LogP) is 2.24. The number of morpholine rings is 1. The van der Waals surface area contributed by atoms with Gasteiger partial charge < -0.3 is 15.0 Å². The van der Waals surface area contributed by atoms with E-state index in [0.29, 0.717) is 42.6 Å². The molecule has 0 bridgehead atoms. The van der Waals surface area contributed by atoms with Gasteiger partial charge >= 0.3 is 0 Å². The quantitative estimate of drug-likeness (QED) is 0.789. The molecule has 0 aliphatic carbocycles. The molecule has 2 heterocycles. The van der Waals surface area contributed by atoms with E-state index in [9.17, 15) is 13.2 Å². The standard InChI is InChI=1S/C18H22ClN3O4S/c1-12-16(18(23)20-11-14-5-3-4-6-15(14)19)21-13(2)17(12)27(24,25)22-7-9-26-10-8-22/h3-6,21H,7-11H2,1-2H3,(H,20,23). The summed E-state index contributed by atoms with van der Waals surface area (Å²) in [6.07, 6.45) is 0. The van der Waals surface area contributed by atoms with Crippen LogP contribution in [0.4, 0.5) is 0 Å². The zero-order valence-electron chi connectivity index (χ0n) is 15.2. The first-order chi connectivity index (χ1) is 12.8. The highest BCUT2D eigenvalue weighted by Gasteiger charge is 2.32. The van der Waals surface area contributed by atoms with Crippen molar-refractivity contribution < 1.29 is 17.9 Å². The maximum atomic E-state index is 13.0. The lowest BCUT2D eigenvalue weighted by Gasteiger charge is -2.26. The van der Waals surface area contributed by atoms with Gasteiger partial charge in [0.1, 0.15) is 10.6 Å². The van der Waals surface area contributed by atoms with E-state index in [1.54, 1.807) is 19.9 Å². The SMILES string of the molecule is Cc1[nH]c(C(=O)NCc2ccccc2Cl)c(C)c1S(=O)(=O)N1CCOCC1. The Hall–Kier alpha value is -1.87. The molecule has 9 heteroatoms. The molecule has 1 aromatic carbocycles. The van der Waals surface area contributed by atoms with Crippen molar-refractivity contribution in [2.45, 2.75) is 25.3 Å². The van der Waals surface area contributed by atoms with Gasteiger partial charge in [0.2, 0.25) is 10.0 Å². The van der Waals surface area contributed by atoms with Crippen LogP contribution < -0.4 is 5.32 Å². The summed E-state index contributed by atoms with van der Waals surface area (Å²) < 4.78 is 32.6. The molecule has 146 valence electrons. The first kappa shape index (κ1) is 19.9. The van der Waals surface area contributed by atoms with Crippen molar-refractivity contribution in [3.05, 3.63) is 51.8 Å². The molecule has 1 aliphatic rings. The number of aryl methyl sites for hydroxylation is 1. The number of nitrogens with zero attached hydrogens (tertiary/aromatic N) is 1. The number of carbonyl (C=O) groups is 1. The van der Waals surface area contributed by atoms with Crippen LogP contribution in [0.25, 0.3) is 0 Å². The molecule has 27 heavy (non-hydrogen) atoms. The first-order valence-corrected chi connectivity index (χ1v) is 10.4. The molecule has 0 unspecified atom stereocenters. The van der Waals surface area contributed by atoms with Gasteiger partial charge in [-0.2, -0.15) is 4.31 Å². The Balaban J connectivity index is 1.82. The highest BCUT2D eigenvalue weighted by molar-refractivity contribution is 7.89. The van der Waals surface area contributed by atoms with E-state index >= 15 is 0 Å². The number of nitrogens with one attached hydrogen (secondary N) is 2. The van der Waals surface area contributed by atoms with Gasteiger partial charge in [-0.3, -0.25) is 4.79 Å². The molecule has 0 spiro atoms. The average molecular weight is 412 g/mol. The summed E-state index contributed by atoms with van der Waals surface area (Å²) in [6.45, 7) is 4.90. The molecule has 1 aromatic heterocycles. The van der Waals surface area contributed by atoms with E-state index < -0.39 is 10.0 Å². The summed E-state index contributed by atoms with van der Waals surface area (Å²) in [6, 6.07) is 7.23. The van der Waals surface area contributed by atoms with E-state index in [1.165, 1.54) is 4.31 Å². The summed E-state index contributed by atoms with van der Waals surface area (Å²) in [4.78, 5) is 15.7. The fourth-order valence-electron chi connectivity index (χ4n) is 3.17. The molecule has 7 nitrogen and oxygen atoms in total. The Morgan fingerprint density at radius 2 is 1.93 bits per heavy atom. The minimum absolute atomic E-state index is 0.160. The highest BCUT2D eigenvalue weighted by atomic mass is 35.5. The smallest absolute Gasteiger partial charge is 0.268 e. The van der Waals surface area contributed by atoms with E-state index in [1.807, 2.05) is 18.2 Å². The number of halogens is 1. The van der Waals surface area contributed by atoms with Crippen molar-refractivity contribution in [2.75, 3.05) is 26.3 Å². The zero-order chi connectivity index (χ0) is 19.6. The maximum Gasteiger partial charge on any atom is 0.268 e. The van der Waals surface area contributed by atoms with Crippen LogP contribution >= 0.6 is 11.6 Å². The van der Waals surface area contributed by atoms with Crippen LogP contribution in [0.5, 0.6) is 0 Å². The van der Waals surface area contributed by atoms with Crippen molar-refractivity contribution >= 4 is 27.5 Å². The molecule has 1 aliphatic heterocycles. The lowest BCUT2D eigenvalue weighted by atomic mass is 10.2. The summed E-state index contributed by atoms with van der Waals surface area (Å²) in [7, 11) is -3.69. The van der Waals surface area contributed by atoms with Crippen LogP contribution in [0.15, 0.2) is 29.2 Å². The van der Waals surface area contributed by atoms with Crippen molar-refractivity contribution in [1.29, 1.82) is 0 Å². The largest absolute Gasteiger partial charge is 0.379 e. The number of aromatic amines is 1. The molecular formula is C18H22ClN3O4S. The van der Waals surface area contributed by atoms with E-state index in [0.717, 1.165) is 5.56 Å². The number of hydrogen-bond donors (Lipinski definition) is 2. The number of aromatic nitrogens is 1. The van der Waals surface area contributed by atoms with Gasteiger partial charge in [0, 0.05) is 30.4 Å². The fraction of sp³-hybridized carbons (Fsp3) is 0.389. The van der Waals surface area contributed by atoms with E-state index in [-0.39, 0.29) is 23.0 Å². The molecule has 2 aromatic rings. The minimum atomic E-state index is -3.69. The molecule has 0 atom stereocenters. The average Bonchev–Trinajstić information content (AvgIpc) is 2.96. The Morgan fingerprint density at radius 1 is 1.26 bits per heavy atom. The number of carbonyl (C=O) groups excluding carboxylic acids is 1. The Kier molecular flexibility index (Phi) is 5.90. The van der Waals surface area contributed by atoms with Crippen LogP contribution in [-0.4, -0.2) is 49.9 Å². The molecule has 2 N–H and O–H groups in total. The highest BCUT2D eigenvalue weighted by Crippen LogP contribution is 2.27. The van der Waals surface area contributed by atoms with Gasteiger partial charge in [-0.25, -0.2) is 8.42 Å². The molecule has 1 fully saturated rings. The molecular weight excluding hydrogens is 390 g/mol. The maximum absolute atomic E-state index is 13.0. The van der Waals surface area contributed by atoms with Gasteiger partial charge in [-0.1, -0.05) is 29.8 Å². The summed E-state index contributed by atoms with van der Waals surface area (Å²) in [5, 5.41) is 3.35. The lowest BCUT2D eigenvalue weighted by molar-refractivity contribution is 0.0730. The lowest BCUT2D eigenvalue weighted by Crippen LogP contribution is -2.41. The van der Waals surface area contributed by atoms with Gasteiger partial charge in [-0.15, -0.1) is 0 Å². The fourth-order valence-corrected chi connectivity index (χ4v) is 5.19. The van der Waals surface area contributed by atoms with Gasteiger partial charge in [0.25, 0.3) is 5.91 Å². The molecule has 1 saturated heterocycles. The number of amides is 1. The van der Waals surface area contributed by atoms with E-state index in [4.69, 9.17) is 16.3 Å². The van der Waals surface area contributed by atoms with Gasteiger partial charge in [-0.05, 0) is 31.0 Å². The second kappa shape index (κ2) is 8.02. The normalized spacial score (nSPS) is 15.7. The monoisotopic (exact) mass is 411 g/mol. The molecule has 3 rings (SSSR count). The van der Waals surface area contributed by atoms with Gasteiger partial charge in [0.15, 0.2) is 0 Å². The third kappa shape index (κ3) is 4.03. The summed E-state index contributed by atoms with van der Waals surface area (Å²) in [5.74, 6) is -0.376. The molecule has 0 radical (unpaired) electrons. The number of benzene rings is 1. The second-order valence-corrected chi connectivity index (χ2v) is 8.65. The topological polar surface area (TPSA) is 91.5 Å². The van der Waals surface area contributed by atoms with Gasteiger partial charge in [0.05, 0.1) is 13.2 Å². The third-order valence-electron chi connectivity index (χ3n) is 4.56. The van der Waals surface area contributed by atoms with Crippen LogP contribution in [-0.2, 0) is 21.3 Å². The van der Waals surface area contributed by atoms with Crippen molar-refractivity contribution in [2.24, 2.45) is 0 Å². The van der Waals surface area contributed by atoms with Crippen molar-refractivity contribution in [3.63, 3.8) is 0 Å². The predicted molar refractivity (Wildman–Crippen MR) is 102 cm³/mol. The van der Waals surface area contributed by atoms with E-state index in [2.05, 4.69) is 10.3 Å². The number of ether oxygens (including phenoxy) is 1. The second-order valence-electron chi connectivity index (χ2n) is 6.37. The van der Waals surface area contributed by atoms with Crippen LogP contribution in [0.2, 0.25) is 5.02 Å². The van der Waals surface area contributed by atoms with Crippen LogP contribution in [0, 0.1) is 13.8 Å². The zero-order valence-corrected chi connectivity index (χ0v) is 16.8. The third-order valence-corrected chi connectivity index (χ3v) is 7.10.